The number of nitrogens with two attached hydrogens (primary N) is 1. The molecular formula is C18H27N3O3S. The molecule has 2 fully saturated rings. The fraction of sp³-hybridized carbons (Fsp3) is 0.611. The highest BCUT2D eigenvalue weighted by Gasteiger charge is 2.29. The lowest BCUT2D eigenvalue weighted by Gasteiger charge is -2.30. The summed E-state index contributed by atoms with van der Waals surface area (Å²) in [5, 5.41) is 0. The van der Waals surface area contributed by atoms with Crippen molar-refractivity contribution >= 4 is 15.9 Å². The van der Waals surface area contributed by atoms with Crippen molar-refractivity contribution in [3.8, 4) is 0 Å². The minimum absolute atomic E-state index is 0.0349. The Kier molecular flexibility index (Phi) is 5.46. The van der Waals surface area contributed by atoms with Crippen molar-refractivity contribution in [1.82, 2.24) is 9.21 Å². The van der Waals surface area contributed by atoms with Crippen LogP contribution in [0, 0.1) is 0 Å². The molecule has 0 aromatic heterocycles. The van der Waals surface area contributed by atoms with Crippen LogP contribution in [0.3, 0.4) is 0 Å². The molecule has 1 heterocycles. The molecule has 1 saturated carbocycles. The molecule has 0 unspecified atom stereocenters. The van der Waals surface area contributed by atoms with Crippen molar-refractivity contribution in [1.29, 1.82) is 0 Å². The first-order valence-corrected chi connectivity index (χ1v) is 10.5. The Balaban J connectivity index is 1.73. The van der Waals surface area contributed by atoms with Gasteiger partial charge in [0.15, 0.2) is 0 Å². The van der Waals surface area contributed by atoms with Gasteiger partial charge in [-0.25, -0.2) is 8.42 Å². The van der Waals surface area contributed by atoms with Crippen LogP contribution in [0.1, 0.15) is 48.9 Å². The van der Waals surface area contributed by atoms with E-state index in [1.165, 1.54) is 22.9 Å². The van der Waals surface area contributed by atoms with Crippen LogP contribution < -0.4 is 5.73 Å². The largest absolute Gasteiger partial charge is 0.337 e. The van der Waals surface area contributed by atoms with Crippen molar-refractivity contribution < 1.29 is 13.2 Å². The molecule has 7 heteroatoms. The van der Waals surface area contributed by atoms with Crippen molar-refractivity contribution in [3.05, 3.63) is 29.8 Å². The molecule has 2 N–H and O–H groups in total. The number of carbonyl (C=O) groups excluding carboxylic acids is 1. The molecule has 1 aromatic rings. The van der Waals surface area contributed by atoms with Crippen LogP contribution >= 0.6 is 0 Å². The van der Waals surface area contributed by atoms with Gasteiger partial charge in [0.25, 0.3) is 5.91 Å². The highest BCUT2D eigenvalue weighted by atomic mass is 32.2. The topological polar surface area (TPSA) is 83.7 Å². The Morgan fingerprint density at radius 1 is 1.12 bits per heavy atom. The van der Waals surface area contributed by atoms with Gasteiger partial charge in [0.1, 0.15) is 0 Å². The summed E-state index contributed by atoms with van der Waals surface area (Å²) in [5.74, 6) is -0.0856. The van der Waals surface area contributed by atoms with Crippen LogP contribution in [-0.4, -0.2) is 55.8 Å². The summed E-state index contributed by atoms with van der Waals surface area (Å²) in [6.45, 7) is 1.22. The summed E-state index contributed by atoms with van der Waals surface area (Å²) in [6, 6.07) is 6.40. The predicted octanol–water partition coefficient (Wildman–Crippen LogP) is 1.81. The molecular weight excluding hydrogens is 338 g/mol. The number of amides is 1. The smallest absolute Gasteiger partial charge is 0.253 e. The van der Waals surface area contributed by atoms with E-state index >= 15 is 0 Å². The van der Waals surface area contributed by atoms with E-state index in [-0.39, 0.29) is 22.9 Å². The second kappa shape index (κ2) is 7.43. The molecule has 0 bridgehead atoms. The number of hydrogen-bond acceptors (Lipinski definition) is 4. The molecule has 0 radical (unpaired) electrons. The molecule has 1 aliphatic carbocycles. The summed E-state index contributed by atoms with van der Waals surface area (Å²) in [4.78, 5) is 14.4. The van der Waals surface area contributed by atoms with Gasteiger partial charge in [-0.2, -0.15) is 4.31 Å². The first-order valence-electron chi connectivity index (χ1n) is 9.02. The van der Waals surface area contributed by atoms with E-state index in [4.69, 9.17) is 5.73 Å². The van der Waals surface area contributed by atoms with E-state index in [1.54, 1.807) is 24.1 Å². The van der Waals surface area contributed by atoms with Gasteiger partial charge in [0, 0.05) is 37.8 Å². The van der Waals surface area contributed by atoms with Crippen LogP contribution in [-0.2, 0) is 10.0 Å². The molecule has 25 heavy (non-hydrogen) atoms. The number of hydrogen-bond donors (Lipinski definition) is 1. The molecule has 1 aromatic carbocycles. The molecule has 1 amide bonds. The SMILES string of the molecule is CN(C1CCCCC1)S(=O)(=O)c1ccc(C(=O)N2CC[C@@H](N)C2)cc1. The fourth-order valence-electron chi connectivity index (χ4n) is 3.73. The number of rotatable bonds is 4. The van der Waals surface area contributed by atoms with Gasteiger partial charge in [-0.3, -0.25) is 4.79 Å². The van der Waals surface area contributed by atoms with Gasteiger partial charge in [0.05, 0.1) is 4.90 Å². The zero-order valence-electron chi connectivity index (χ0n) is 14.7. The summed E-state index contributed by atoms with van der Waals surface area (Å²) in [7, 11) is -1.86. The number of benzene rings is 1. The molecule has 138 valence electrons. The normalized spacial score (nSPS) is 22.5. The lowest BCUT2D eigenvalue weighted by molar-refractivity contribution is 0.0790. The Morgan fingerprint density at radius 2 is 1.76 bits per heavy atom. The van der Waals surface area contributed by atoms with Crippen LogP contribution in [0.5, 0.6) is 0 Å². The minimum atomic E-state index is -3.52. The summed E-state index contributed by atoms with van der Waals surface area (Å²) in [6.07, 6.45) is 5.99. The third-order valence-electron chi connectivity index (χ3n) is 5.38. The molecule has 2 aliphatic rings. The zero-order chi connectivity index (χ0) is 18.0. The number of sulfonamides is 1. The first-order chi connectivity index (χ1) is 11.9. The molecule has 3 rings (SSSR count). The number of nitrogens with zero attached hydrogens (tertiary/aromatic N) is 2. The quantitative estimate of drug-likeness (QED) is 0.882. The van der Waals surface area contributed by atoms with Crippen molar-refractivity contribution in [2.75, 3.05) is 20.1 Å². The Morgan fingerprint density at radius 3 is 2.32 bits per heavy atom. The van der Waals surface area contributed by atoms with Gasteiger partial charge in [0.2, 0.25) is 10.0 Å². The fourth-order valence-corrected chi connectivity index (χ4v) is 5.15. The Labute approximate surface area is 150 Å². The Hall–Kier alpha value is -1.44. The lowest BCUT2D eigenvalue weighted by atomic mass is 9.96. The maximum absolute atomic E-state index is 12.8. The van der Waals surface area contributed by atoms with E-state index in [2.05, 4.69) is 0 Å². The molecule has 0 spiro atoms. The lowest BCUT2D eigenvalue weighted by Crippen LogP contribution is -2.38. The van der Waals surface area contributed by atoms with Crippen molar-refractivity contribution in [2.24, 2.45) is 5.73 Å². The third-order valence-corrected chi connectivity index (χ3v) is 7.30. The third kappa shape index (κ3) is 3.88. The molecule has 6 nitrogen and oxygen atoms in total. The molecule has 1 saturated heterocycles. The maximum Gasteiger partial charge on any atom is 0.253 e. The summed E-state index contributed by atoms with van der Waals surface area (Å²) in [5.41, 5.74) is 6.36. The van der Waals surface area contributed by atoms with Gasteiger partial charge < -0.3 is 10.6 Å². The first kappa shape index (κ1) is 18.4. The van der Waals surface area contributed by atoms with Crippen molar-refractivity contribution in [3.63, 3.8) is 0 Å². The average Bonchev–Trinajstić information content (AvgIpc) is 3.07. The second-order valence-corrected chi connectivity index (χ2v) is 9.13. The standard InChI is InChI=1S/C18H27N3O3S/c1-20(16-5-3-2-4-6-16)25(23,24)17-9-7-14(8-10-17)18(22)21-12-11-15(19)13-21/h7-10,15-16H,2-6,11-13,19H2,1H3/t15-/m1/s1. The molecule has 1 atom stereocenters. The highest BCUT2D eigenvalue weighted by molar-refractivity contribution is 7.89. The maximum atomic E-state index is 12.8. The summed E-state index contributed by atoms with van der Waals surface area (Å²) < 4.78 is 27.2. The second-order valence-electron chi connectivity index (χ2n) is 7.14. The van der Waals surface area contributed by atoms with Gasteiger partial charge >= 0.3 is 0 Å². The summed E-state index contributed by atoms with van der Waals surface area (Å²) >= 11 is 0. The van der Waals surface area contributed by atoms with E-state index in [0.717, 1.165) is 32.1 Å². The van der Waals surface area contributed by atoms with Gasteiger partial charge in [-0.05, 0) is 43.5 Å². The Bertz CT molecular complexity index is 712. The zero-order valence-corrected chi connectivity index (χ0v) is 15.5. The van der Waals surface area contributed by atoms with Crippen LogP contribution in [0.25, 0.3) is 0 Å². The van der Waals surface area contributed by atoms with E-state index in [9.17, 15) is 13.2 Å². The van der Waals surface area contributed by atoms with Gasteiger partial charge in [-0.1, -0.05) is 19.3 Å². The minimum Gasteiger partial charge on any atom is -0.337 e. The monoisotopic (exact) mass is 365 g/mol. The highest BCUT2D eigenvalue weighted by Crippen LogP contribution is 2.26. The van der Waals surface area contributed by atoms with Crippen LogP contribution in [0.4, 0.5) is 0 Å². The van der Waals surface area contributed by atoms with Crippen LogP contribution in [0.15, 0.2) is 29.2 Å². The van der Waals surface area contributed by atoms with Crippen molar-refractivity contribution in [2.45, 2.75) is 55.5 Å². The van der Waals surface area contributed by atoms with E-state index in [1.807, 2.05) is 0 Å². The number of likely N-dealkylation sites (tertiary alicyclic amines) is 1. The predicted molar refractivity (Wildman–Crippen MR) is 96.8 cm³/mol. The van der Waals surface area contributed by atoms with Gasteiger partial charge in [-0.15, -0.1) is 0 Å². The average molecular weight is 365 g/mol. The number of carbonyl (C=O) groups is 1. The van der Waals surface area contributed by atoms with E-state index in [0.29, 0.717) is 18.7 Å². The van der Waals surface area contributed by atoms with E-state index < -0.39 is 10.0 Å². The molecule has 1 aliphatic heterocycles. The van der Waals surface area contributed by atoms with Crippen LogP contribution in [0.2, 0.25) is 0 Å².